The molecule has 0 aliphatic carbocycles. The molecule has 0 amide bonds. The number of benzene rings is 2. The lowest BCUT2D eigenvalue weighted by Crippen LogP contribution is -2.00. The molecular formula is C16H13FN4O2S. The molecule has 24 heavy (non-hydrogen) atoms. The minimum absolute atomic E-state index is 0.205. The number of hydrogen-bond donors (Lipinski definition) is 3. The highest BCUT2D eigenvalue weighted by atomic mass is 32.1. The van der Waals surface area contributed by atoms with E-state index in [0.29, 0.717) is 22.6 Å². The molecule has 2 aromatic carbocycles. The summed E-state index contributed by atoms with van der Waals surface area (Å²) in [5.74, 6) is -0.182. The van der Waals surface area contributed by atoms with Gasteiger partial charge in [-0.2, -0.15) is 14.9 Å². The van der Waals surface area contributed by atoms with Gasteiger partial charge in [-0.1, -0.05) is 12.1 Å². The van der Waals surface area contributed by atoms with Crippen molar-refractivity contribution in [2.24, 2.45) is 5.10 Å². The van der Waals surface area contributed by atoms with E-state index in [-0.39, 0.29) is 17.3 Å². The third-order valence-corrected chi connectivity index (χ3v) is 3.58. The molecule has 8 heteroatoms. The van der Waals surface area contributed by atoms with Gasteiger partial charge in [-0.15, -0.1) is 0 Å². The topological polar surface area (TPSA) is 86.4 Å². The van der Waals surface area contributed by atoms with Crippen LogP contribution in [0.3, 0.4) is 0 Å². The van der Waals surface area contributed by atoms with E-state index in [4.69, 9.17) is 12.2 Å². The summed E-state index contributed by atoms with van der Waals surface area (Å²) in [4.78, 5) is 0. The molecule has 0 aliphatic heterocycles. The van der Waals surface area contributed by atoms with Gasteiger partial charge in [0.05, 0.1) is 6.21 Å². The lowest BCUT2D eigenvalue weighted by atomic mass is 10.1. The lowest BCUT2D eigenvalue weighted by molar-refractivity contribution is 0.403. The zero-order valence-electron chi connectivity index (χ0n) is 12.3. The van der Waals surface area contributed by atoms with E-state index in [9.17, 15) is 14.6 Å². The number of nitrogens with zero attached hydrogens (tertiary/aromatic N) is 3. The van der Waals surface area contributed by atoms with Gasteiger partial charge in [0.1, 0.15) is 5.82 Å². The summed E-state index contributed by atoms with van der Waals surface area (Å²) in [6.07, 6.45) is 1.91. The smallest absolute Gasteiger partial charge is 0.216 e. The second-order valence-corrected chi connectivity index (χ2v) is 5.44. The average Bonchev–Trinajstić information content (AvgIpc) is 2.91. The Hall–Kier alpha value is -3.00. The van der Waals surface area contributed by atoms with Crippen LogP contribution in [0.4, 0.5) is 4.39 Å². The van der Waals surface area contributed by atoms with Gasteiger partial charge in [0, 0.05) is 6.42 Å². The Morgan fingerprint density at radius 1 is 1.17 bits per heavy atom. The fraction of sp³-hybridized carbons (Fsp3) is 0.0625. The number of aromatic nitrogens is 3. The predicted molar refractivity (Wildman–Crippen MR) is 89.4 cm³/mol. The van der Waals surface area contributed by atoms with E-state index >= 15 is 0 Å². The highest BCUT2D eigenvalue weighted by Gasteiger charge is 2.07. The molecule has 0 atom stereocenters. The van der Waals surface area contributed by atoms with Gasteiger partial charge < -0.3 is 10.2 Å². The van der Waals surface area contributed by atoms with Gasteiger partial charge >= 0.3 is 0 Å². The molecule has 0 aliphatic rings. The SMILES string of the molecule is Oc1ccc(/C=N\n2c(Cc3ccc(F)cc3)n[nH]c2=S)cc1O. The molecule has 0 radical (unpaired) electrons. The standard InChI is InChI=1S/C16H13FN4O2S/c17-12-4-1-10(2-5-12)8-15-19-20-16(24)21(15)18-9-11-3-6-13(22)14(23)7-11/h1-7,9,22-23H,8H2,(H,20,24)/b18-9-. The Bertz CT molecular complexity index is 947. The molecule has 0 fully saturated rings. The third kappa shape index (κ3) is 3.49. The first-order valence-electron chi connectivity index (χ1n) is 7.00. The van der Waals surface area contributed by atoms with Crippen molar-refractivity contribution in [3.05, 3.63) is 70.0 Å². The summed E-state index contributed by atoms with van der Waals surface area (Å²) in [5.41, 5.74) is 1.45. The minimum atomic E-state index is -0.303. The van der Waals surface area contributed by atoms with Crippen molar-refractivity contribution in [1.82, 2.24) is 14.9 Å². The zero-order chi connectivity index (χ0) is 17.1. The van der Waals surface area contributed by atoms with Crippen LogP contribution in [0, 0.1) is 10.6 Å². The number of phenolic OH excluding ortho intramolecular Hbond substituents is 2. The van der Waals surface area contributed by atoms with Crippen LogP contribution in [0.15, 0.2) is 47.6 Å². The molecule has 0 unspecified atom stereocenters. The van der Waals surface area contributed by atoms with Crippen molar-refractivity contribution in [2.75, 3.05) is 0 Å². The summed E-state index contributed by atoms with van der Waals surface area (Å²) < 4.78 is 14.7. The number of nitrogens with one attached hydrogen (secondary N) is 1. The molecule has 122 valence electrons. The van der Waals surface area contributed by atoms with Crippen molar-refractivity contribution in [3.63, 3.8) is 0 Å². The Balaban J connectivity index is 1.87. The number of H-pyrrole nitrogens is 1. The quantitative estimate of drug-likeness (QED) is 0.386. The number of phenols is 2. The van der Waals surface area contributed by atoms with E-state index in [1.165, 1.54) is 35.2 Å². The van der Waals surface area contributed by atoms with Crippen LogP contribution in [-0.2, 0) is 6.42 Å². The van der Waals surface area contributed by atoms with Gasteiger partial charge in [0.15, 0.2) is 17.3 Å². The van der Waals surface area contributed by atoms with Crippen LogP contribution in [0.2, 0.25) is 0 Å². The minimum Gasteiger partial charge on any atom is -0.504 e. The highest BCUT2D eigenvalue weighted by Crippen LogP contribution is 2.24. The normalized spacial score (nSPS) is 11.2. The number of halogens is 1. The molecule has 6 nitrogen and oxygen atoms in total. The van der Waals surface area contributed by atoms with Crippen molar-refractivity contribution < 1.29 is 14.6 Å². The number of rotatable bonds is 4. The fourth-order valence-electron chi connectivity index (χ4n) is 2.09. The van der Waals surface area contributed by atoms with Gasteiger partial charge in [0.25, 0.3) is 0 Å². The molecular weight excluding hydrogens is 331 g/mol. The Kier molecular flexibility index (Phi) is 4.39. The number of hydrogen-bond acceptors (Lipinski definition) is 5. The van der Waals surface area contributed by atoms with Crippen molar-refractivity contribution in [1.29, 1.82) is 0 Å². The predicted octanol–water partition coefficient (Wildman–Crippen LogP) is 2.96. The first-order chi connectivity index (χ1) is 11.5. The van der Waals surface area contributed by atoms with E-state index < -0.39 is 0 Å². The maximum Gasteiger partial charge on any atom is 0.216 e. The molecule has 0 spiro atoms. The Morgan fingerprint density at radius 2 is 1.92 bits per heavy atom. The summed E-state index contributed by atoms with van der Waals surface area (Å²) in [6.45, 7) is 0. The van der Waals surface area contributed by atoms with Crippen molar-refractivity contribution >= 4 is 18.4 Å². The van der Waals surface area contributed by atoms with Gasteiger partial charge in [0.2, 0.25) is 4.77 Å². The van der Waals surface area contributed by atoms with Gasteiger partial charge in [-0.05, 0) is 53.7 Å². The monoisotopic (exact) mass is 344 g/mol. The molecule has 0 saturated carbocycles. The maximum absolute atomic E-state index is 13.0. The fourth-order valence-corrected chi connectivity index (χ4v) is 2.29. The van der Waals surface area contributed by atoms with Crippen LogP contribution < -0.4 is 0 Å². The Morgan fingerprint density at radius 3 is 2.62 bits per heavy atom. The largest absolute Gasteiger partial charge is 0.504 e. The van der Waals surface area contributed by atoms with E-state index in [2.05, 4.69) is 15.3 Å². The lowest BCUT2D eigenvalue weighted by Gasteiger charge is -2.02. The van der Waals surface area contributed by atoms with Crippen LogP contribution >= 0.6 is 12.2 Å². The van der Waals surface area contributed by atoms with E-state index in [1.807, 2.05) is 0 Å². The van der Waals surface area contributed by atoms with Gasteiger partial charge in [-0.3, -0.25) is 5.10 Å². The van der Waals surface area contributed by atoms with E-state index in [0.717, 1.165) is 5.56 Å². The zero-order valence-corrected chi connectivity index (χ0v) is 13.2. The number of aromatic amines is 1. The molecule has 1 heterocycles. The first-order valence-corrected chi connectivity index (χ1v) is 7.41. The third-order valence-electron chi connectivity index (χ3n) is 3.31. The van der Waals surface area contributed by atoms with Crippen LogP contribution in [0.25, 0.3) is 0 Å². The second-order valence-electron chi connectivity index (χ2n) is 5.05. The first kappa shape index (κ1) is 15.9. The molecule has 0 saturated heterocycles. The summed E-state index contributed by atoms with van der Waals surface area (Å²) >= 11 is 5.15. The summed E-state index contributed by atoms with van der Waals surface area (Å²) in [6, 6.07) is 10.4. The Labute approximate surface area is 141 Å². The summed E-state index contributed by atoms with van der Waals surface area (Å²) in [7, 11) is 0. The van der Waals surface area contributed by atoms with Crippen molar-refractivity contribution in [2.45, 2.75) is 6.42 Å². The molecule has 0 bridgehead atoms. The van der Waals surface area contributed by atoms with Gasteiger partial charge in [-0.25, -0.2) is 4.39 Å². The van der Waals surface area contributed by atoms with Crippen LogP contribution in [0.5, 0.6) is 11.5 Å². The molecule has 3 aromatic rings. The second kappa shape index (κ2) is 6.63. The molecule has 1 aromatic heterocycles. The molecule has 3 N–H and O–H groups in total. The average molecular weight is 344 g/mol. The van der Waals surface area contributed by atoms with E-state index in [1.54, 1.807) is 18.2 Å². The maximum atomic E-state index is 13.0. The number of aromatic hydroxyl groups is 2. The van der Waals surface area contributed by atoms with Crippen LogP contribution in [-0.4, -0.2) is 31.3 Å². The summed E-state index contributed by atoms with van der Waals surface area (Å²) in [5, 5.41) is 29.8. The highest BCUT2D eigenvalue weighted by molar-refractivity contribution is 7.71. The van der Waals surface area contributed by atoms with Crippen molar-refractivity contribution in [3.8, 4) is 11.5 Å². The van der Waals surface area contributed by atoms with Crippen LogP contribution in [0.1, 0.15) is 17.0 Å². The molecule has 3 rings (SSSR count).